The van der Waals surface area contributed by atoms with Gasteiger partial charge in [-0.25, -0.2) is 4.98 Å². The van der Waals surface area contributed by atoms with E-state index < -0.39 is 6.10 Å². The molecule has 96 valence electrons. The van der Waals surface area contributed by atoms with Crippen LogP contribution in [0.1, 0.15) is 37.2 Å². The molecule has 1 fully saturated rings. The van der Waals surface area contributed by atoms with E-state index >= 15 is 0 Å². The Morgan fingerprint density at radius 3 is 2.94 bits per heavy atom. The lowest BCUT2D eigenvalue weighted by atomic mass is 10.2. The molecular formula is C13H16ClN3O. The predicted molar refractivity (Wildman–Crippen MR) is 71.6 cm³/mol. The van der Waals surface area contributed by atoms with E-state index in [1.165, 1.54) is 0 Å². The molecule has 0 radical (unpaired) electrons. The van der Waals surface area contributed by atoms with Crippen LogP contribution in [0.2, 0.25) is 5.02 Å². The van der Waals surface area contributed by atoms with Crippen molar-refractivity contribution in [2.75, 3.05) is 6.54 Å². The molecule has 4 nitrogen and oxygen atoms in total. The summed E-state index contributed by atoms with van der Waals surface area (Å²) in [5, 5.41) is 10.8. The minimum Gasteiger partial charge on any atom is -0.385 e. The summed E-state index contributed by atoms with van der Waals surface area (Å²) in [4.78, 5) is 4.53. The van der Waals surface area contributed by atoms with Gasteiger partial charge in [0.15, 0.2) is 0 Å². The number of fused-ring (bicyclic) bond motifs is 1. The van der Waals surface area contributed by atoms with Crippen molar-refractivity contribution in [1.82, 2.24) is 9.55 Å². The van der Waals surface area contributed by atoms with E-state index in [4.69, 9.17) is 17.3 Å². The minimum absolute atomic E-state index is 0.454. The van der Waals surface area contributed by atoms with Gasteiger partial charge in [0.05, 0.1) is 11.0 Å². The summed E-state index contributed by atoms with van der Waals surface area (Å²) in [5.41, 5.74) is 7.41. The molecule has 18 heavy (non-hydrogen) atoms. The summed E-state index contributed by atoms with van der Waals surface area (Å²) in [7, 11) is 0. The van der Waals surface area contributed by atoms with E-state index in [1.807, 2.05) is 18.2 Å². The SMILES string of the molecule is NCCC(O)c1nc2cc(Cl)ccc2n1C1CC1. The third kappa shape index (κ3) is 2.00. The zero-order valence-corrected chi connectivity index (χ0v) is 10.8. The Labute approximate surface area is 110 Å². The Hall–Kier alpha value is -1.10. The lowest BCUT2D eigenvalue weighted by molar-refractivity contribution is 0.156. The molecule has 0 saturated heterocycles. The molecule has 1 saturated carbocycles. The highest BCUT2D eigenvalue weighted by atomic mass is 35.5. The van der Waals surface area contributed by atoms with Crippen LogP contribution in [0.4, 0.5) is 0 Å². The number of aromatic nitrogens is 2. The number of aliphatic hydroxyl groups is 1. The molecule has 0 amide bonds. The summed E-state index contributed by atoms with van der Waals surface area (Å²) >= 11 is 5.98. The molecular weight excluding hydrogens is 250 g/mol. The first kappa shape index (κ1) is 12.0. The molecule has 3 N–H and O–H groups in total. The van der Waals surface area contributed by atoms with E-state index in [0.29, 0.717) is 24.0 Å². The Morgan fingerprint density at radius 1 is 1.50 bits per heavy atom. The van der Waals surface area contributed by atoms with E-state index in [0.717, 1.165) is 29.7 Å². The molecule has 1 aromatic carbocycles. The normalized spacial score (nSPS) is 17.3. The molecule has 1 aliphatic carbocycles. The minimum atomic E-state index is -0.596. The first-order valence-corrected chi connectivity index (χ1v) is 6.64. The zero-order chi connectivity index (χ0) is 12.7. The van der Waals surface area contributed by atoms with Crippen molar-refractivity contribution in [1.29, 1.82) is 0 Å². The molecule has 3 rings (SSSR count). The summed E-state index contributed by atoms with van der Waals surface area (Å²) in [6, 6.07) is 6.15. The van der Waals surface area contributed by atoms with Gasteiger partial charge in [-0.15, -0.1) is 0 Å². The van der Waals surface area contributed by atoms with Crippen molar-refractivity contribution >= 4 is 22.6 Å². The molecule has 1 unspecified atom stereocenters. The number of nitrogens with two attached hydrogens (primary N) is 1. The summed E-state index contributed by atoms with van der Waals surface area (Å²) in [6.45, 7) is 0.454. The van der Waals surface area contributed by atoms with Crippen LogP contribution in [-0.2, 0) is 0 Å². The van der Waals surface area contributed by atoms with Crippen molar-refractivity contribution in [2.45, 2.75) is 31.4 Å². The van der Waals surface area contributed by atoms with Crippen LogP contribution >= 0.6 is 11.6 Å². The summed E-state index contributed by atoms with van der Waals surface area (Å²) < 4.78 is 2.14. The maximum atomic E-state index is 10.2. The van der Waals surface area contributed by atoms with Crippen molar-refractivity contribution < 1.29 is 5.11 Å². The fourth-order valence-electron chi connectivity index (χ4n) is 2.33. The molecule has 0 spiro atoms. The number of imidazole rings is 1. The maximum absolute atomic E-state index is 10.2. The first-order chi connectivity index (χ1) is 8.70. The summed E-state index contributed by atoms with van der Waals surface area (Å²) in [6.07, 6.45) is 2.23. The third-order valence-corrected chi connectivity index (χ3v) is 3.56. The average Bonchev–Trinajstić information content (AvgIpc) is 3.10. The quantitative estimate of drug-likeness (QED) is 0.892. The van der Waals surface area contributed by atoms with Crippen LogP contribution in [0, 0.1) is 0 Å². The van der Waals surface area contributed by atoms with Crippen LogP contribution in [0.25, 0.3) is 11.0 Å². The monoisotopic (exact) mass is 265 g/mol. The number of halogens is 1. The Morgan fingerprint density at radius 2 is 2.28 bits per heavy atom. The highest BCUT2D eigenvalue weighted by molar-refractivity contribution is 6.31. The third-order valence-electron chi connectivity index (χ3n) is 3.33. The Balaban J connectivity index is 2.14. The van der Waals surface area contributed by atoms with Gasteiger partial charge in [-0.1, -0.05) is 11.6 Å². The van der Waals surface area contributed by atoms with Crippen molar-refractivity contribution in [2.24, 2.45) is 5.73 Å². The molecule has 1 atom stereocenters. The Kier molecular flexibility index (Phi) is 3.01. The van der Waals surface area contributed by atoms with Crippen LogP contribution in [-0.4, -0.2) is 21.2 Å². The summed E-state index contributed by atoms with van der Waals surface area (Å²) in [5.74, 6) is 0.722. The van der Waals surface area contributed by atoms with Crippen molar-refractivity contribution in [3.63, 3.8) is 0 Å². The molecule has 1 heterocycles. The topological polar surface area (TPSA) is 64.1 Å². The molecule has 2 aromatic rings. The second kappa shape index (κ2) is 4.53. The number of nitrogens with zero attached hydrogens (tertiary/aromatic N) is 2. The second-order valence-corrected chi connectivity index (χ2v) is 5.23. The zero-order valence-electron chi connectivity index (χ0n) is 10.0. The molecule has 1 aliphatic rings. The van der Waals surface area contributed by atoms with Crippen LogP contribution in [0.3, 0.4) is 0 Å². The number of aliphatic hydroxyl groups excluding tert-OH is 1. The fourth-order valence-corrected chi connectivity index (χ4v) is 2.50. The van der Waals surface area contributed by atoms with Crippen LogP contribution in [0.15, 0.2) is 18.2 Å². The average molecular weight is 266 g/mol. The molecule has 0 aliphatic heterocycles. The predicted octanol–water partition coefficient (Wildman–Crippen LogP) is 2.41. The van der Waals surface area contributed by atoms with Gasteiger partial charge in [0.25, 0.3) is 0 Å². The van der Waals surface area contributed by atoms with Gasteiger partial charge in [0.2, 0.25) is 0 Å². The highest BCUT2D eigenvalue weighted by Gasteiger charge is 2.30. The highest BCUT2D eigenvalue weighted by Crippen LogP contribution is 2.40. The lowest BCUT2D eigenvalue weighted by Gasteiger charge is -2.12. The van der Waals surface area contributed by atoms with Gasteiger partial charge in [0, 0.05) is 11.1 Å². The van der Waals surface area contributed by atoms with Crippen molar-refractivity contribution in [3.05, 3.63) is 29.0 Å². The van der Waals surface area contributed by atoms with Crippen LogP contribution < -0.4 is 5.73 Å². The maximum Gasteiger partial charge on any atom is 0.139 e. The second-order valence-electron chi connectivity index (χ2n) is 4.80. The Bertz CT molecular complexity index is 577. The van der Waals surface area contributed by atoms with Gasteiger partial charge in [-0.2, -0.15) is 0 Å². The van der Waals surface area contributed by atoms with Crippen LogP contribution in [0.5, 0.6) is 0 Å². The number of hydrogen-bond acceptors (Lipinski definition) is 3. The van der Waals surface area contributed by atoms with Gasteiger partial charge in [-0.3, -0.25) is 0 Å². The molecule has 5 heteroatoms. The van der Waals surface area contributed by atoms with Gasteiger partial charge < -0.3 is 15.4 Å². The van der Waals surface area contributed by atoms with Crippen molar-refractivity contribution in [3.8, 4) is 0 Å². The van der Waals surface area contributed by atoms with Gasteiger partial charge in [-0.05, 0) is 44.0 Å². The smallest absolute Gasteiger partial charge is 0.139 e. The number of benzene rings is 1. The number of hydrogen-bond donors (Lipinski definition) is 2. The lowest BCUT2D eigenvalue weighted by Crippen LogP contribution is -2.12. The van der Waals surface area contributed by atoms with Gasteiger partial charge in [0.1, 0.15) is 11.9 Å². The first-order valence-electron chi connectivity index (χ1n) is 6.26. The van der Waals surface area contributed by atoms with E-state index in [2.05, 4.69) is 9.55 Å². The standard InChI is InChI=1S/C13H16ClN3O/c14-8-1-4-11-10(7-8)16-13(12(18)5-6-15)17(11)9-2-3-9/h1,4,7,9,12,18H,2-3,5-6,15H2. The van der Waals surface area contributed by atoms with E-state index in [-0.39, 0.29) is 0 Å². The molecule has 0 bridgehead atoms. The molecule has 1 aromatic heterocycles. The fraction of sp³-hybridized carbons (Fsp3) is 0.462. The van der Waals surface area contributed by atoms with Gasteiger partial charge >= 0.3 is 0 Å². The number of rotatable bonds is 4. The largest absolute Gasteiger partial charge is 0.385 e. The van der Waals surface area contributed by atoms with E-state index in [1.54, 1.807) is 0 Å². The van der Waals surface area contributed by atoms with E-state index in [9.17, 15) is 5.11 Å².